The smallest absolute Gasteiger partial charge is 0.410 e. The van der Waals surface area contributed by atoms with Crippen molar-refractivity contribution in [1.29, 1.82) is 0 Å². The molecule has 1 aliphatic rings. The number of likely N-dealkylation sites (N-methyl/N-ethyl adjacent to an activating group) is 1. The van der Waals surface area contributed by atoms with Gasteiger partial charge in [-0.2, -0.15) is 0 Å². The Hall–Kier alpha value is -2.08. The highest BCUT2D eigenvalue weighted by molar-refractivity contribution is 5.79. The van der Waals surface area contributed by atoms with Gasteiger partial charge < -0.3 is 19.9 Å². The maximum Gasteiger partial charge on any atom is 0.410 e. The first-order chi connectivity index (χ1) is 12.7. The first-order valence-electron chi connectivity index (χ1n) is 9.64. The summed E-state index contributed by atoms with van der Waals surface area (Å²) in [5.74, 6) is 0.0175. The van der Waals surface area contributed by atoms with Gasteiger partial charge in [-0.15, -0.1) is 0 Å². The van der Waals surface area contributed by atoms with Crippen LogP contribution < -0.4 is 5.32 Å². The highest BCUT2D eigenvalue weighted by Crippen LogP contribution is 2.21. The first-order valence-corrected chi connectivity index (χ1v) is 9.64. The van der Waals surface area contributed by atoms with Crippen LogP contribution in [0.5, 0.6) is 0 Å². The van der Waals surface area contributed by atoms with E-state index in [9.17, 15) is 9.59 Å². The third-order valence-electron chi connectivity index (χ3n) is 4.79. The van der Waals surface area contributed by atoms with Crippen molar-refractivity contribution in [2.24, 2.45) is 5.92 Å². The van der Waals surface area contributed by atoms with Gasteiger partial charge in [0.25, 0.3) is 0 Å². The second-order valence-corrected chi connectivity index (χ2v) is 8.38. The third-order valence-corrected chi connectivity index (χ3v) is 4.79. The zero-order valence-corrected chi connectivity index (χ0v) is 17.2. The number of amides is 2. The van der Waals surface area contributed by atoms with Crippen molar-refractivity contribution in [2.45, 2.75) is 45.3 Å². The van der Waals surface area contributed by atoms with Gasteiger partial charge in [0.1, 0.15) is 5.60 Å². The molecule has 1 saturated heterocycles. The Labute approximate surface area is 162 Å². The van der Waals surface area contributed by atoms with Gasteiger partial charge in [0.2, 0.25) is 5.91 Å². The summed E-state index contributed by atoms with van der Waals surface area (Å²) in [5.41, 5.74) is 0.687. The van der Waals surface area contributed by atoms with Crippen LogP contribution in [0, 0.1) is 5.92 Å². The SMILES string of the molecule is CN(C)C(CNC(=O)C1CCN(C(=O)OC(C)(C)C)CC1)c1ccccc1. The van der Waals surface area contributed by atoms with Crippen LogP contribution in [0.25, 0.3) is 0 Å². The second-order valence-electron chi connectivity index (χ2n) is 8.38. The summed E-state index contributed by atoms with van der Waals surface area (Å²) in [7, 11) is 4.03. The number of likely N-dealkylation sites (tertiary alicyclic amines) is 1. The summed E-state index contributed by atoms with van der Waals surface area (Å²) in [6.45, 7) is 7.27. The molecule has 6 heteroatoms. The average Bonchev–Trinajstić information content (AvgIpc) is 2.61. The van der Waals surface area contributed by atoms with E-state index in [-0.39, 0.29) is 24.0 Å². The van der Waals surface area contributed by atoms with Gasteiger partial charge in [-0.05, 0) is 53.3 Å². The quantitative estimate of drug-likeness (QED) is 0.859. The molecule has 1 atom stereocenters. The predicted octanol–water partition coefficient (Wildman–Crippen LogP) is 3.05. The monoisotopic (exact) mass is 375 g/mol. The number of rotatable bonds is 5. The van der Waals surface area contributed by atoms with Crippen LogP contribution >= 0.6 is 0 Å². The summed E-state index contributed by atoms with van der Waals surface area (Å²) in [6, 6.07) is 10.3. The van der Waals surface area contributed by atoms with E-state index in [1.54, 1.807) is 4.90 Å². The van der Waals surface area contributed by atoms with Crippen LogP contribution in [0.4, 0.5) is 4.79 Å². The molecule has 1 aliphatic heterocycles. The van der Waals surface area contributed by atoms with Crippen LogP contribution in [-0.4, -0.2) is 61.1 Å². The molecule has 0 aromatic heterocycles. The normalized spacial score (nSPS) is 16.9. The first kappa shape index (κ1) is 21.2. The second kappa shape index (κ2) is 9.22. The maximum absolute atomic E-state index is 12.6. The highest BCUT2D eigenvalue weighted by atomic mass is 16.6. The van der Waals surface area contributed by atoms with Crippen molar-refractivity contribution in [1.82, 2.24) is 15.1 Å². The van der Waals surface area contributed by atoms with E-state index in [1.807, 2.05) is 53.1 Å². The standard InChI is InChI=1S/C21H33N3O3/c1-21(2,3)27-20(26)24-13-11-17(12-14-24)19(25)22-15-18(23(4)5)16-9-7-6-8-10-16/h6-10,17-18H,11-15H2,1-5H3,(H,22,25). The van der Waals surface area contributed by atoms with Gasteiger partial charge in [-0.3, -0.25) is 4.79 Å². The number of hydrogen-bond acceptors (Lipinski definition) is 4. The summed E-state index contributed by atoms with van der Waals surface area (Å²) in [4.78, 5) is 28.5. The summed E-state index contributed by atoms with van der Waals surface area (Å²) in [6.07, 6.45) is 1.05. The molecule has 150 valence electrons. The lowest BCUT2D eigenvalue weighted by atomic mass is 9.96. The van der Waals surface area contributed by atoms with Crippen molar-refractivity contribution in [3.8, 4) is 0 Å². The summed E-state index contributed by atoms with van der Waals surface area (Å²) >= 11 is 0. The van der Waals surface area contributed by atoms with Crippen molar-refractivity contribution in [2.75, 3.05) is 33.7 Å². The topological polar surface area (TPSA) is 61.9 Å². The zero-order valence-electron chi connectivity index (χ0n) is 17.2. The van der Waals surface area contributed by atoms with E-state index in [0.29, 0.717) is 32.5 Å². The van der Waals surface area contributed by atoms with Crippen molar-refractivity contribution >= 4 is 12.0 Å². The molecule has 0 spiro atoms. The number of piperidine rings is 1. The lowest BCUT2D eigenvalue weighted by molar-refractivity contribution is -0.126. The molecule has 27 heavy (non-hydrogen) atoms. The molecule has 0 aliphatic carbocycles. The fourth-order valence-corrected chi connectivity index (χ4v) is 3.27. The van der Waals surface area contributed by atoms with E-state index in [4.69, 9.17) is 4.74 Å². The largest absolute Gasteiger partial charge is 0.444 e. The molecule has 2 rings (SSSR count). The van der Waals surface area contributed by atoms with E-state index >= 15 is 0 Å². The minimum absolute atomic E-state index is 0.0535. The van der Waals surface area contributed by atoms with E-state index in [0.717, 1.165) is 0 Å². The Morgan fingerprint density at radius 1 is 1.19 bits per heavy atom. The highest BCUT2D eigenvalue weighted by Gasteiger charge is 2.30. The molecule has 6 nitrogen and oxygen atoms in total. The lowest BCUT2D eigenvalue weighted by Gasteiger charge is -2.33. The Kier molecular flexibility index (Phi) is 7.25. The molecular formula is C21H33N3O3. The fourth-order valence-electron chi connectivity index (χ4n) is 3.27. The van der Waals surface area contributed by atoms with E-state index < -0.39 is 5.60 Å². The number of nitrogens with one attached hydrogen (secondary N) is 1. The van der Waals surface area contributed by atoms with Crippen molar-refractivity contribution in [3.05, 3.63) is 35.9 Å². The molecule has 0 bridgehead atoms. The van der Waals surface area contributed by atoms with Crippen LogP contribution in [0.2, 0.25) is 0 Å². The van der Waals surface area contributed by atoms with Gasteiger partial charge in [-0.1, -0.05) is 30.3 Å². The lowest BCUT2D eigenvalue weighted by Crippen LogP contribution is -2.45. The maximum atomic E-state index is 12.6. The van der Waals surface area contributed by atoms with E-state index in [2.05, 4.69) is 22.3 Å². The zero-order chi connectivity index (χ0) is 20.0. The average molecular weight is 376 g/mol. The van der Waals surface area contributed by atoms with Gasteiger partial charge in [0, 0.05) is 25.6 Å². The Balaban J connectivity index is 1.83. The predicted molar refractivity (Wildman–Crippen MR) is 106 cm³/mol. The Morgan fingerprint density at radius 2 is 1.78 bits per heavy atom. The Bertz CT molecular complexity index is 617. The molecule has 1 aromatic carbocycles. The summed E-state index contributed by atoms with van der Waals surface area (Å²) < 4.78 is 5.41. The van der Waals surface area contributed by atoms with Crippen molar-refractivity contribution < 1.29 is 14.3 Å². The number of hydrogen-bond donors (Lipinski definition) is 1. The molecule has 1 heterocycles. The van der Waals surface area contributed by atoms with Gasteiger partial charge in [0.05, 0.1) is 6.04 Å². The van der Waals surface area contributed by atoms with Crippen LogP contribution in [0.1, 0.15) is 45.2 Å². The van der Waals surface area contributed by atoms with Crippen LogP contribution in [0.3, 0.4) is 0 Å². The summed E-state index contributed by atoms with van der Waals surface area (Å²) in [5, 5.41) is 3.10. The van der Waals surface area contributed by atoms with Gasteiger partial charge in [0.15, 0.2) is 0 Å². The van der Waals surface area contributed by atoms with Gasteiger partial charge >= 0.3 is 6.09 Å². The Morgan fingerprint density at radius 3 is 2.30 bits per heavy atom. The molecule has 0 saturated carbocycles. The minimum Gasteiger partial charge on any atom is -0.444 e. The van der Waals surface area contributed by atoms with Crippen LogP contribution in [0.15, 0.2) is 30.3 Å². The third kappa shape index (κ3) is 6.54. The molecule has 1 unspecified atom stereocenters. The van der Waals surface area contributed by atoms with Crippen molar-refractivity contribution in [3.63, 3.8) is 0 Å². The van der Waals surface area contributed by atoms with E-state index in [1.165, 1.54) is 5.56 Å². The number of carbonyl (C=O) groups is 2. The van der Waals surface area contributed by atoms with Gasteiger partial charge in [-0.25, -0.2) is 4.79 Å². The minimum atomic E-state index is -0.496. The fraction of sp³-hybridized carbons (Fsp3) is 0.619. The molecule has 1 fully saturated rings. The molecule has 2 amide bonds. The number of benzene rings is 1. The number of nitrogens with zero attached hydrogens (tertiary/aromatic N) is 2. The number of ether oxygens (including phenoxy) is 1. The number of carbonyl (C=O) groups excluding carboxylic acids is 2. The van der Waals surface area contributed by atoms with Crippen LogP contribution in [-0.2, 0) is 9.53 Å². The molecule has 1 aromatic rings. The molecule has 0 radical (unpaired) electrons. The molecular weight excluding hydrogens is 342 g/mol. The molecule has 1 N–H and O–H groups in total.